The van der Waals surface area contributed by atoms with Gasteiger partial charge >= 0.3 is 0 Å². The van der Waals surface area contributed by atoms with Crippen molar-refractivity contribution < 1.29 is 8.78 Å². The van der Waals surface area contributed by atoms with E-state index in [4.69, 9.17) is 0 Å². The zero-order valence-corrected chi connectivity index (χ0v) is 9.71. The first-order valence-electron chi connectivity index (χ1n) is 5.95. The molecule has 0 spiro atoms. The molecule has 0 amide bonds. The molecular formula is C13H13F2N3. The third kappa shape index (κ3) is 2.41. The fraction of sp³-hybridized carbons (Fsp3) is 0.308. The molecule has 5 heteroatoms. The number of aromatic amines is 1. The number of nitrogens with zero attached hydrogens (tertiary/aromatic N) is 1. The minimum atomic E-state index is -0.468. The van der Waals surface area contributed by atoms with E-state index in [0.717, 1.165) is 23.9 Å². The summed E-state index contributed by atoms with van der Waals surface area (Å²) in [6, 6.07) is 5.71. The molecule has 0 bridgehead atoms. The monoisotopic (exact) mass is 249 g/mol. The van der Waals surface area contributed by atoms with Crippen LogP contribution in [-0.2, 0) is 6.54 Å². The fourth-order valence-electron chi connectivity index (χ4n) is 1.83. The second-order valence-electron chi connectivity index (χ2n) is 4.56. The van der Waals surface area contributed by atoms with Crippen molar-refractivity contribution in [2.24, 2.45) is 0 Å². The minimum absolute atomic E-state index is 0.184. The lowest BCUT2D eigenvalue weighted by atomic mass is 10.1. The highest BCUT2D eigenvalue weighted by Gasteiger charge is 2.20. The van der Waals surface area contributed by atoms with Crippen LogP contribution >= 0.6 is 0 Å². The third-order valence-electron chi connectivity index (χ3n) is 2.99. The Morgan fingerprint density at radius 1 is 1.28 bits per heavy atom. The first kappa shape index (κ1) is 11.3. The number of halogens is 2. The van der Waals surface area contributed by atoms with Gasteiger partial charge in [-0.15, -0.1) is 0 Å². The standard InChI is InChI=1S/C13H13F2N3/c14-8-1-4-12(15)11(5-8)13-6-10(17-18-13)7-16-9-2-3-9/h1,4-6,9,16H,2-3,7H2,(H,17,18). The molecule has 1 aromatic carbocycles. The van der Waals surface area contributed by atoms with Gasteiger partial charge in [0.25, 0.3) is 0 Å². The molecule has 3 nitrogen and oxygen atoms in total. The maximum atomic E-state index is 13.6. The van der Waals surface area contributed by atoms with Crippen LogP contribution < -0.4 is 5.32 Å². The molecule has 0 saturated heterocycles. The van der Waals surface area contributed by atoms with Gasteiger partial charge in [-0.25, -0.2) is 8.78 Å². The summed E-state index contributed by atoms with van der Waals surface area (Å²) in [6.45, 7) is 0.675. The normalized spacial score (nSPS) is 15.0. The second kappa shape index (κ2) is 4.49. The molecule has 2 N–H and O–H groups in total. The van der Waals surface area contributed by atoms with Crippen LogP contribution in [0.15, 0.2) is 24.3 Å². The molecule has 18 heavy (non-hydrogen) atoms. The van der Waals surface area contributed by atoms with Gasteiger partial charge in [0, 0.05) is 23.8 Å². The van der Waals surface area contributed by atoms with E-state index in [-0.39, 0.29) is 5.56 Å². The Hall–Kier alpha value is -1.75. The number of aromatic nitrogens is 2. The van der Waals surface area contributed by atoms with E-state index < -0.39 is 11.6 Å². The maximum Gasteiger partial charge on any atom is 0.132 e. The maximum absolute atomic E-state index is 13.6. The van der Waals surface area contributed by atoms with Crippen molar-refractivity contribution in [3.63, 3.8) is 0 Å². The van der Waals surface area contributed by atoms with Crippen LogP contribution in [0.3, 0.4) is 0 Å². The summed E-state index contributed by atoms with van der Waals surface area (Å²) in [6.07, 6.45) is 2.42. The summed E-state index contributed by atoms with van der Waals surface area (Å²) in [7, 11) is 0. The minimum Gasteiger partial charge on any atom is -0.308 e. The average Bonchev–Trinajstić information content (AvgIpc) is 3.08. The molecule has 1 saturated carbocycles. The molecule has 1 aliphatic rings. The highest BCUT2D eigenvalue weighted by molar-refractivity contribution is 5.60. The van der Waals surface area contributed by atoms with Gasteiger partial charge in [-0.3, -0.25) is 5.10 Å². The van der Waals surface area contributed by atoms with Gasteiger partial charge < -0.3 is 5.32 Å². The molecular weight excluding hydrogens is 236 g/mol. The van der Waals surface area contributed by atoms with Gasteiger partial charge in [0.2, 0.25) is 0 Å². The van der Waals surface area contributed by atoms with Crippen molar-refractivity contribution in [2.45, 2.75) is 25.4 Å². The van der Waals surface area contributed by atoms with E-state index in [1.54, 1.807) is 6.07 Å². The Labute approximate surface area is 103 Å². The molecule has 0 radical (unpaired) electrons. The molecule has 1 fully saturated rings. The van der Waals surface area contributed by atoms with Crippen LogP contribution in [0.2, 0.25) is 0 Å². The highest BCUT2D eigenvalue weighted by atomic mass is 19.1. The molecule has 0 unspecified atom stereocenters. The average molecular weight is 249 g/mol. The lowest BCUT2D eigenvalue weighted by Gasteiger charge is -1.99. The second-order valence-corrected chi connectivity index (χ2v) is 4.56. The lowest BCUT2D eigenvalue weighted by Crippen LogP contribution is -2.15. The quantitative estimate of drug-likeness (QED) is 0.874. The lowest BCUT2D eigenvalue weighted by molar-refractivity contribution is 0.602. The molecule has 3 rings (SSSR count). The molecule has 2 aromatic rings. The van der Waals surface area contributed by atoms with Gasteiger partial charge in [-0.05, 0) is 37.1 Å². The Kier molecular flexibility index (Phi) is 2.83. The molecule has 0 atom stereocenters. The van der Waals surface area contributed by atoms with E-state index in [1.165, 1.54) is 12.8 Å². The fourth-order valence-corrected chi connectivity index (χ4v) is 1.83. The summed E-state index contributed by atoms with van der Waals surface area (Å²) in [4.78, 5) is 0. The largest absolute Gasteiger partial charge is 0.308 e. The number of rotatable bonds is 4. The third-order valence-corrected chi connectivity index (χ3v) is 2.99. The van der Waals surface area contributed by atoms with Crippen LogP contribution in [0.5, 0.6) is 0 Å². The van der Waals surface area contributed by atoms with Gasteiger partial charge in [-0.1, -0.05) is 0 Å². The predicted octanol–water partition coefficient (Wildman–Crippen LogP) is 2.61. The SMILES string of the molecule is Fc1ccc(F)c(-c2cc(CNC3CC3)[nH]n2)c1. The molecule has 0 aliphatic heterocycles. The number of nitrogens with one attached hydrogen (secondary N) is 2. The number of H-pyrrole nitrogens is 1. The number of hydrogen-bond donors (Lipinski definition) is 2. The summed E-state index contributed by atoms with van der Waals surface area (Å²) in [5, 5.41) is 10.2. The van der Waals surface area contributed by atoms with E-state index in [2.05, 4.69) is 15.5 Å². The zero-order valence-electron chi connectivity index (χ0n) is 9.71. The van der Waals surface area contributed by atoms with E-state index in [0.29, 0.717) is 18.3 Å². The van der Waals surface area contributed by atoms with E-state index in [1.807, 2.05) is 0 Å². The summed E-state index contributed by atoms with van der Waals surface area (Å²) < 4.78 is 26.6. The summed E-state index contributed by atoms with van der Waals surface area (Å²) in [5.41, 5.74) is 1.49. The molecule has 1 aliphatic carbocycles. The predicted molar refractivity (Wildman–Crippen MR) is 63.8 cm³/mol. The smallest absolute Gasteiger partial charge is 0.132 e. The molecule has 94 valence electrons. The highest BCUT2D eigenvalue weighted by Crippen LogP contribution is 2.23. The van der Waals surface area contributed by atoms with Crippen molar-refractivity contribution in [3.05, 3.63) is 41.6 Å². The Morgan fingerprint density at radius 3 is 2.89 bits per heavy atom. The first-order valence-corrected chi connectivity index (χ1v) is 5.95. The van der Waals surface area contributed by atoms with Crippen molar-refractivity contribution in [3.8, 4) is 11.3 Å². The Bertz CT molecular complexity index is 561. The molecule has 1 heterocycles. The van der Waals surface area contributed by atoms with E-state index in [9.17, 15) is 8.78 Å². The van der Waals surface area contributed by atoms with Gasteiger partial charge in [0.1, 0.15) is 11.6 Å². The van der Waals surface area contributed by atoms with E-state index >= 15 is 0 Å². The van der Waals surface area contributed by atoms with Crippen LogP contribution in [0.1, 0.15) is 18.5 Å². The van der Waals surface area contributed by atoms with Gasteiger partial charge in [-0.2, -0.15) is 5.10 Å². The van der Waals surface area contributed by atoms with Gasteiger partial charge in [0.15, 0.2) is 0 Å². The number of benzene rings is 1. The molecule has 1 aromatic heterocycles. The van der Waals surface area contributed by atoms with Gasteiger partial charge in [0.05, 0.1) is 5.69 Å². The van der Waals surface area contributed by atoms with Crippen LogP contribution in [0.4, 0.5) is 8.78 Å². The van der Waals surface area contributed by atoms with Crippen LogP contribution in [0, 0.1) is 11.6 Å². The van der Waals surface area contributed by atoms with Crippen molar-refractivity contribution >= 4 is 0 Å². The summed E-state index contributed by atoms with van der Waals surface area (Å²) >= 11 is 0. The van der Waals surface area contributed by atoms with Crippen molar-refractivity contribution in [1.29, 1.82) is 0 Å². The van der Waals surface area contributed by atoms with Crippen molar-refractivity contribution in [1.82, 2.24) is 15.5 Å². The number of hydrogen-bond acceptors (Lipinski definition) is 2. The zero-order chi connectivity index (χ0) is 12.5. The Morgan fingerprint density at radius 2 is 2.11 bits per heavy atom. The first-order chi connectivity index (χ1) is 8.72. The Balaban J connectivity index is 1.80. The topological polar surface area (TPSA) is 40.7 Å². The van der Waals surface area contributed by atoms with Crippen LogP contribution in [-0.4, -0.2) is 16.2 Å². The van der Waals surface area contributed by atoms with Crippen molar-refractivity contribution in [2.75, 3.05) is 0 Å². The summed E-state index contributed by atoms with van der Waals surface area (Å²) in [5.74, 6) is -0.934. The van der Waals surface area contributed by atoms with Crippen LogP contribution in [0.25, 0.3) is 11.3 Å².